The van der Waals surface area contributed by atoms with Crippen LogP contribution in [0.4, 0.5) is 56.9 Å². The zero-order valence-corrected chi connectivity index (χ0v) is 68.8. The number of carbonyl (C=O) groups is 7. The number of nitrogen functional groups attached to an aromatic ring is 2. The summed E-state index contributed by atoms with van der Waals surface area (Å²) in [5.41, 5.74) is 29.3. The molecule has 0 aliphatic heterocycles. The molecule has 32 heteroatoms. The number of amides is 4. The van der Waals surface area contributed by atoms with Gasteiger partial charge in [0.15, 0.2) is 0 Å². The van der Waals surface area contributed by atoms with Crippen molar-refractivity contribution in [1.82, 2.24) is 5.23 Å². The third kappa shape index (κ3) is 43.5. The van der Waals surface area contributed by atoms with Gasteiger partial charge in [-0.1, -0.05) is 44.2 Å². The number of hydrogen-bond acceptors (Lipinski definition) is 17. The van der Waals surface area contributed by atoms with Crippen LogP contribution in [-0.2, 0) is 38.3 Å². The highest BCUT2D eigenvalue weighted by atomic mass is 35.5. The van der Waals surface area contributed by atoms with E-state index in [2.05, 4.69) is 36.3 Å². The summed E-state index contributed by atoms with van der Waals surface area (Å²) in [4.78, 5) is 86.9. The molecule has 5 aromatic carbocycles. The van der Waals surface area contributed by atoms with Crippen LogP contribution in [0.1, 0.15) is 89.1 Å². The number of esters is 1. The molecule has 0 aliphatic rings. The number of rotatable bonds is 33. The second-order valence-electron chi connectivity index (χ2n) is 23.6. The number of ether oxygens (including phenoxy) is 1. The molecular formula is C72H108BCl9N12O10. The van der Waals surface area contributed by atoms with Crippen LogP contribution in [0, 0.1) is 34.6 Å². The molecule has 0 saturated carbocycles. The zero-order chi connectivity index (χ0) is 79.7. The molecule has 5 rings (SSSR count). The fourth-order valence-corrected chi connectivity index (χ4v) is 10.5. The number of carboxylic acids is 1. The minimum atomic E-state index is -1.12. The number of hydrogen-bond donors (Lipinski definition) is 10. The number of benzene rings is 5. The zero-order valence-electron chi connectivity index (χ0n) is 62.0. The van der Waals surface area contributed by atoms with Gasteiger partial charge in [0.2, 0.25) is 23.6 Å². The Labute approximate surface area is 661 Å². The highest BCUT2D eigenvalue weighted by Crippen LogP contribution is 2.28. The molecule has 0 bridgehead atoms. The SMILES string of the molecule is CB(O)N[C@@H](CC(=O)OC(C)(C)C)C(=O)Nc1cc(N(CCCl)CCCl)ccc1C.CC.CC(=O)Nc1cc(N(CCCl)CCCl)ccc1C.CC(=O)Nc1cc(N)ccc1C.Cc1ccc(N(CCCl)CCCl)cc1N.Cc1ccc(N(CCCl)CCCl)cc1NC(=O)[C@@H](N)CC(=O)O.O=CCCl. The lowest BCUT2D eigenvalue weighted by Crippen LogP contribution is -2.48. The first-order valence-corrected chi connectivity index (χ1v) is 38.3. The average Bonchev–Trinajstić information content (AvgIpc) is 0.838. The van der Waals surface area contributed by atoms with Crippen LogP contribution >= 0.6 is 104 Å². The van der Waals surface area contributed by atoms with E-state index >= 15 is 0 Å². The molecule has 104 heavy (non-hydrogen) atoms. The Morgan fingerprint density at radius 1 is 0.500 bits per heavy atom. The smallest absolute Gasteiger partial charge is 0.374 e. The lowest BCUT2D eigenvalue weighted by atomic mass is 9.86. The van der Waals surface area contributed by atoms with Crippen LogP contribution in [0.15, 0.2) is 91.0 Å². The van der Waals surface area contributed by atoms with E-state index in [4.69, 9.17) is 136 Å². The summed E-state index contributed by atoms with van der Waals surface area (Å²) in [6, 6.07) is 26.6. The number of carbonyl (C=O) groups excluding carboxylic acids is 6. The monoisotopic (exact) mass is 1630 g/mol. The molecule has 0 spiro atoms. The van der Waals surface area contributed by atoms with Gasteiger partial charge in [-0.3, -0.25) is 28.8 Å². The Bertz CT molecular complexity index is 3320. The molecular weight excluding hydrogens is 1520 g/mol. The van der Waals surface area contributed by atoms with E-state index in [0.29, 0.717) is 96.6 Å². The van der Waals surface area contributed by atoms with Crippen LogP contribution in [0.3, 0.4) is 0 Å². The van der Waals surface area contributed by atoms with E-state index in [0.717, 1.165) is 93.8 Å². The van der Waals surface area contributed by atoms with Crippen LogP contribution in [-0.4, -0.2) is 182 Å². The van der Waals surface area contributed by atoms with Gasteiger partial charge in [0.1, 0.15) is 11.9 Å². The number of nitrogens with one attached hydrogen (secondary N) is 5. The largest absolute Gasteiger partial charge is 0.481 e. The predicted octanol–water partition coefficient (Wildman–Crippen LogP) is 14.1. The summed E-state index contributed by atoms with van der Waals surface area (Å²) >= 11 is 51.2. The second-order valence-corrected chi connectivity index (χ2v) is 27.0. The fourth-order valence-electron chi connectivity index (χ4n) is 8.89. The van der Waals surface area contributed by atoms with E-state index in [1.165, 1.54) is 20.7 Å². The first-order valence-electron chi connectivity index (χ1n) is 33.4. The maximum atomic E-state index is 12.9. The number of halogens is 9. The summed E-state index contributed by atoms with van der Waals surface area (Å²) in [5, 5.41) is 32.1. The van der Waals surface area contributed by atoms with E-state index in [9.17, 15) is 33.8 Å². The van der Waals surface area contributed by atoms with E-state index in [1.54, 1.807) is 39.0 Å². The maximum Gasteiger partial charge on any atom is 0.374 e. The Hall–Kier alpha value is -6.06. The van der Waals surface area contributed by atoms with Gasteiger partial charge in [-0.15, -0.1) is 104 Å². The Morgan fingerprint density at radius 2 is 0.798 bits per heavy atom. The number of anilines is 10. The molecule has 22 nitrogen and oxygen atoms in total. The molecule has 0 fully saturated rings. The molecule has 0 aromatic heterocycles. The number of aliphatic carboxylic acids is 1. The van der Waals surface area contributed by atoms with Crippen LogP contribution in [0.2, 0.25) is 6.82 Å². The highest BCUT2D eigenvalue weighted by Gasteiger charge is 2.28. The van der Waals surface area contributed by atoms with Crippen LogP contribution in [0.5, 0.6) is 0 Å². The van der Waals surface area contributed by atoms with Gasteiger partial charge in [0, 0.05) is 170 Å². The predicted molar refractivity (Wildman–Crippen MR) is 445 cm³/mol. The van der Waals surface area contributed by atoms with Gasteiger partial charge in [-0.2, -0.15) is 0 Å². The first kappa shape index (κ1) is 100.0. The molecule has 0 radical (unpaired) electrons. The van der Waals surface area contributed by atoms with Crippen molar-refractivity contribution in [2.45, 2.75) is 120 Å². The highest BCUT2D eigenvalue weighted by molar-refractivity contribution is 6.46. The molecule has 0 saturated heterocycles. The quantitative estimate of drug-likeness (QED) is 0.00613. The second kappa shape index (κ2) is 57.2. The minimum absolute atomic E-state index is 0.0727. The molecule has 13 N–H and O–H groups in total. The van der Waals surface area contributed by atoms with Crippen molar-refractivity contribution in [1.29, 1.82) is 0 Å². The molecule has 4 amide bonds. The van der Waals surface area contributed by atoms with Gasteiger partial charge in [0.05, 0.1) is 30.8 Å². The third-order valence-corrected chi connectivity index (χ3v) is 15.4. The van der Waals surface area contributed by atoms with Crippen molar-refractivity contribution in [3.8, 4) is 0 Å². The number of aryl methyl sites for hydroxylation is 5. The third-order valence-electron chi connectivity index (χ3n) is 14.0. The van der Waals surface area contributed by atoms with Crippen LogP contribution < -0.4 is 63.3 Å². The molecule has 0 unspecified atom stereocenters. The van der Waals surface area contributed by atoms with Crippen molar-refractivity contribution in [2.24, 2.45) is 5.73 Å². The van der Waals surface area contributed by atoms with Crippen molar-refractivity contribution >= 4 is 210 Å². The summed E-state index contributed by atoms with van der Waals surface area (Å²) in [6.07, 6.45) is 0.00805. The number of carboxylic acid groups (broad SMARTS) is 1. The molecule has 5 aromatic rings. The first-order chi connectivity index (χ1) is 49.1. The van der Waals surface area contributed by atoms with E-state index in [-0.39, 0.29) is 24.1 Å². The van der Waals surface area contributed by atoms with E-state index < -0.39 is 54.9 Å². The summed E-state index contributed by atoms with van der Waals surface area (Å²) in [6.45, 7) is 28.9. The Balaban J connectivity index is 0. The maximum absolute atomic E-state index is 12.9. The van der Waals surface area contributed by atoms with Crippen molar-refractivity contribution in [3.05, 3.63) is 119 Å². The fraction of sp³-hybridized carbons (Fsp3) is 0.486. The lowest BCUT2D eigenvalue weighted by Gasteiger charge is -2.25. The average molecular weight is 1630 g/mol. The number of aldehydes is 1. The van der Waals surface area contributed by atoms with Gasteiger partial charge in [0.25, 0.3) is 0 Å². The molecule has 582 valence electrons. The Kier molecular flexibility index (Phi) is 55.0. The van der Waals surface area contributed by atoms with Gasteiger partial charge >= 0.3 is 19.0 Å². The summed E-state index contributed by atoms with van der Waals surface area (Å²) in [7, 11) is -0.974. The Morgan fingerprint density at radius 3 is 1.09 bits per heavy atom. The van der Waals surface area contributed by atoms with E-state index in [1.807, 2.05) is 131 Å². The standard InChI is InChI=1S/C20H32BCl2N3O4.C15H21Cl2N3O3.C13H18Cl2N2O.C11H16Cl2N2.C9H12N2O.C2H3ClO.C2H6/c1-14-6-7-15(26(10-8-22)11-9-23)12-16(14)24-19(28)17(25-21(5)29)13-18(27)30-20(2,3)4;1-10-2-3-11(20(6-4-16)7-5-17)8-13(10)19-15(23)12(18)9-14(21)22;1-10-3-4-12(9-13(10)16-11(2)18)17(7-5-14)8-6-15;1-9-2-3-10(8-11(9)14)15(6-4-12)7-5-13;1-6-3-4-8(10)5-9(6)11-7(2)12;3-1-2-4;1-2/h6-7,12,17,25,29H,8-11,13H2,1-5H3,(H,24,28);2-3,8,12H,4-7,9,18H2,1H3,(H,19,23)(H,21,22);3-4,9H,5-8H2,1-2H3,(H,16,18);2-3,8H,4-7,14H2,1H3;3-5H,10H2,1-2H3,(H,11,12);2H,1H2;1-2H3/t17-;12-;;;;;/m00...../s1. The van der Waals surface area contributed by atoms with Gasteiger partial charge in [-0.25, -0.2) is 0 Å². The summed E-state index contributed by atoms with van der Waals surface area (Å²) in [5.74, 6) is 1.40. The van der Waals surface area contributed by atoms with Crippen molar-refractivity contribution < 1.29 is 48.4 Å². The number of nitrogens with zero attached hydrogens (tertiary/aromatic N) is 4. The van der Waals surface area contributed by atoms with Crippen molar-refractivity contribution in [2.75, 3.05) is 158 Å². The molecule has 0 aliphatic carbocycles. The lowest BCUT2D eigenvalue weighted by molar-refractivity contribution is -0.156. The minimum Gasteiger partial charge on any atom is -0.481 e. The molecule has 2 atom stereocenters. The summed E-state index contributed by atoms with van der Waals surface area (Å²) < 4.78 is 5.31. The topological polar surface area (TPSA) is 320 Å². The number of alkyl halides is 9. The molecule has 0 heterocycles. The normalized spacial score (nSPS) is 10.8. The van der Waals surface area contributed by atoms with Crippen molar-refractivity contribution in [3.63, 3.8) is 0 Å². The van der Waals surface area contributed by atoms with Gasteiger partial charge < -0.3 is 83.0 Å². The van der Waals surface area contributed by atoms with Crippen LogP contribution in [0.25, 0.3) is 0 Å². The van der Waals surface area contributed by atoms with Gasteiger partial charge in [-0.05, 0) is 151 Å². The number of nitrogens with two attached hydrogens (primary N) is 3.